The van der Waals surface area contributed by atoms with Crippen molar-refractivity contribution < 1.29 is 18.3 Å². The smallest absolute Gasteiger partial charge is 0.416 e. The van der Waals surface area contributed by atoms with Crippen LogP contribution in [0.3, 0.4) is 0 Å². The lowest BCUT2D eigenvalue weighted by atomic mass is 10.1. The van der Waals surface area contributed by atoms with Gasteiger partial charge in [-0.3, -0.25) is 5.41 Å². The molecule has 0 amide bonds. The third-order valence-corrected chi connectivity index (χ3v) is 5.66. The Balaban J connectivity index is 1.64. The first kappa shape index (κ1) is 19.2. The van der Waals surface area contributed by atoms with E-state index in [1.165, 1.54) is 28.4 Å². The van der Waals surface area contributed by atoms with E-state index >= 15 is 0 Å². The highest BCUT2D eigenvalue weighted by molar-refractivity contribution is 7.13. The zero-order chi connectivity index (χ0) is 20.8. The second kappa shape index (κ2) is 7.04. The third-order valence-electron chi connectivity index (χ3n) is 4.67. The molecule has 4 nitrogen and oxygen atoms in total. The summed E-state index contributed by atoms with van der Waals surface area (Å²) in [5.41, 5.74) is 1.68. The molecule has 0 unspecified atom stereocenters. The average molecular weight is 415 g/mol. The summed E-state index contributed by atoms with van der Waals surface area (Å²) in [5.74, 6) is -0.0149. The summed E-state index contributed by atoms with van der Waals surface area (Å²) in [5, 5.41) is 19.5. The molecule has 0 bridgehead atoms. The number of benzene rings is 2. The topological polar surface area (TPSA) is 60.2 Å². The molecule has 2 N–H and O–H groups in total. The van der Waals surface area contributed by atoms with Gasteiger partial charge in [0.25, 0.3) is 0 Å². The minimum Gasteiger partial charge on any atom is -0.510 e. The average Bonchev–Trinajstić information content (AvgIpc) is 3.21. The molecule has 0 saturated heterocycles. The molecule has 148 valence electrons. The fourth-order valence-corrected chi connectivity index (χ4v) is 4.23. The minimum absolute atomic E-state index is 0.00983. The van der Waals surface area contributed by atoms with E-state index in [0.717, 1.165) is 28.3 Å². The number of anilines is 1. The predicted octanol–water partition coefficient (Wildman–Crippen LogP) is 5.90. The van der Waals surface area contributed by atoms with Gasteiger partial charge in [0, 0.05) is 16.1 Å². The maximum absolute atomic E-state index is 12.8. The molecule has 0 radical (unpaired) electrons. The number of hydrogen-bond acceptors (Lipinski definition) is 4. The van der Waals surface area contributed by atoms with E-state index in [-0.39, 0.29) is 18.1 Å². The van der Waals surface area contributed by atoms with Crippen LogP contribution >= 0.6 is 11.3 Å². The predicted molar refractivity (Wildman–Crippen MR) is 108 cm³/mol. The molecule has 0 spiro atoms. The minimum atomic E-state index is -4.42. The highest BCUT2D eigenvalue weighted by atomic mass is 32.1. The first-order chi connectivity index (χ1) is 13.8. The molecule has 0 saturated carbocycles. The van der Waals surface area contributed by atoms with Crippen molar-refractivity contribution in [2.75, 3.05) is 11.4 Å². The van der Waals surface area contributed by atoms with E-state index in [2.05, 4.69) is 4.98 Å². The van der Waals surface area contributed by atoms with Crippen LogP contribution in [-0.4, -0.2) is 22.5 Å². The zero-order valence-electron chi connectivity index (χ0n) is 15.3. The maximum Gasteiger partial charge on any atom is 0.416 e. The number of aliphatic hydroxyl groups excluding tert-OH is 1. The van der Waals surface area contributed by atoms with Crippen molar-refractivity contribution in [3.05, 3.63) is 75.8 Å². The van der Waals surface area contributed by atoms with E-state index in [4.69, 9.17) is 5.41 Å². The highest BCUT2D eigenvalue weighted by Crippen LogP contribution is 2.37. The van der Waals surface area contributed by atoms with Crippen LogP contribution in [0, 0.1) is 12.3 Å². The fraction of sp³-hybridized carbons (Fsp3) is 0.143. The van der Waals surface area contributed by atoms with Gasteiger partial charge in [-0.2, -0.15) is 13.2 Å². The second-order valence-corrected chi connectivity index (χ2v) is 7.79. The van der Waals surface area contributed by atoms with Crippen LogP contribution < -0.4 is 4.90 Å². The van der Waals surface area contributed by atoms with Gasteiger partial charge in [-0.1, -0.05) is 30.3 Å². The summed E-state index contributed by atoms with van der Waals surface area (Å²) in [4.78, 5) is 7.04. The van der Waals surface area contributed by atoms with Crippen molar-refractivity contribution in [2.45, 2.75) is 13.1 Å². The Hall–Kier alpha value is -3.13. The third kappa shape index (κ3) is 3.51. The Kier molecular flexibility index (Phi) is 4.66. The van der Waals surface area contributed by atoms with Crippen LogP contribution in [-0.2, 0) is 6.18 Å². The SMILES string of the molecule is Cc1sc(C2=C(O)CN(c3ccc(C(F)(F)F)cc3)C2=N)nc1-c1ccccc1. The molecule has 1 aliphatic rings. The van der Waals surface area contributed by atoms with Crippen molar-refractivity contribution in [3.63, 3.8) is 0 Å². The summed E-state index contributed by atoms with van der Waals surface area (Å²) in [6.07, 6.45) is -4.42. The van der Waals surface area contributed by atoms with Gasteiger partial charge >= 0.3 is 6.18 Å². The molecule has 3 aromatic rings. The Bertz CT molecular complexity index is 1100. The number of amidine groups is 1. The lowest BCUT2D eigenvalue weighted by Crippen LogP contribution is -2.26. The summed E-state index contributed by atoms with van der Waals surface area (Å²) < 4.78 is 38.4. The standard InChI is InChI=1S/C21H16F3N3OS/c1-12-18(13-5-3-2-4-6-13)26-20(29-12)17-16(28)11-27(19(17)25)15-9-7-14(8-10-15)21(22,23)24/h2-10,25,28H,11H2,1H3. The number of hydrogen-bond donors (Lipinski definition) is 2. The number of thiazole rings is 1. The van der Waals surface area contributed by atoms with E-state index in [1.54, 1.807) is 0 Å². The molecule has 0 aliphatic carbocycles. The number of nitrogens with one attached hydrogen (secondary N) is 1. The molecule has 0 fully saturated rings. The van der Waals surface area contributed by atoms with Crippen LogP contribution in [0.4, 0.5) is 18.9 Å². The molecule has 2 heterocycles. The summed E-state index contributed by atoms with van der Waals surface area (Å²) >= 11 is 1.37. The number of halogens is 3. The number of aryl methyl sites for hydroxylation is 1. The molecule has 1 aromatic heterocycles. The number of aliphatic hydroxyl groups is 1. The maximum atomic E-state index is 12.8. The number of alkyl halides is 3. The summed E-state index contributed by atoms with van der Waals surface area (Å²) in [7, 11) is 0. The van der Waals surface area contributed by atoms with Crippen LogP contribution in [0.25, 0.3) is 16.8 Å². The first-order valence-corrected chi connectivity index (χ1v) is 9.56. The number of aromatic nitrogens is 1. The van der Waals surface area contributed by atoms with Crippen molar-refractivity contribution in [3.8, 4) is 11.3 Å². The lowest BCUT2D eigenvalue weighted by Gasteiger charge is -2.19. The lowest BCUT2D eigenvalue weighted by molar-refractivity contribution is -0.137. The quantitative estimate of drug-likeness (QED) is 0.560. The Morgan fingerprint density at radius 3 is 2.34 bits per heavy atom. The normalized spacial score (nSPS) is 14.8. The monoisotopic (exact) mass is 415 g/mol. The fourth-order valence-electron chi connectivity index (χ4n) is 3.22. The van der Waals surface area contributed by atoms with E-state index in [0.29, 0.717) is 16.3 Å². The second-order valence-electron chi connectivity index (χ2n) is 6.59. The van der Waals surface area contributed by atoms with E-state index in [1.807, 2.05) is 37.3 Å². The van der Waals surface area contributed by atoms with Gasteiger partial charge in [-0.05, 0) is 31.2 Å². The summed E-state index contributed by atoms with van der Waals surface area (Å²) in [6, 6.07) is 14.2. The Labute approximate surface area is 169 Å². The molecule has 2 aromatic carbocycles. The van der Waals surface area contributed by atoms with Crippen LogP contribution in [0.2, 0.25) is 0 Å². The van der Waals surface area contributed by atoms with Gasteiger partial charge in [-0.15, -0.1) is 11.3 Å². The molecule has 29 heavy (non-hydrogen) atoms. The van der Waals surface area contributed by atoms with Gasteiger partial charge in [0.05, 0.1) is 23.4 Å². The van der Waals surface area contributed by atoms with Gasteiger partial charge in [0.1, 0.15) is 16.6 Å². The van der Waals surface area contributed by atoms with Crippen LogP contribution in [0.1, 0.15) is 15.4 Å². The number of nitrogens with zero attached hydrogens (tertiary/aromatic N) is 2. The van der Waals surface area contributed by atoms with Crippen molar-refractivity contribution in [1.82, 2.24) is 4.98 Å². The molecule has 0 atom stereocenters. The largest absolute Gasteiger partial charge is 0.510 e. The first-order valence-electron chi connectivity index (χ1n) is 8.75. The zero-order valence-corrected chi connectivity index (χ0v) is 16.1. The molecular weight excluding hydrogens is 399 g/mol. The van der Waals surface area contributed by atoms with Crippen LogP contribution in [0.15, 0.2) is 60.4 Å². The van der Waals surface area contributed by atoms with Gasteiger partial charge in [0.15, 0.2) is 0 Å². The van der Waals surface area contributed by atoms with Crippen molar-refractivity contribution in [2.24, 2.45) is 0 Å². The Morgan fingerprint density at radius 2 is 1.72 bits per heavy atom. The molecule has 8 heteroatoms. The Morgan fingerprint density at radius 1 is 1.07 bits per heavy atom. The van der Waals surface area contributed by atoms with Crippen LogP contribution in [0.5, 0.6) is 0 Å². The van der Waals surface area contributed by atoms with Gasteiger partial charge in [-0.25, -0.2) is 4.98 Å². The molecule has 4 rings (SSSR count). The van der Waals surface area contributed by atoms with E-state index in [9.17, 15) is 18.3 Å². The van der Waals surface area contributed by atoms with Gasteiger partial charge in [0.2, 0.25) is 0 Å². The summed E-state index contributed by atoms with van der Waals surface area (Å²) in [6.45, 7) is 1.94. The molecule has 1 aliphatic heterocycles. The van der Waals surface area contributed by atoms with Crippen molar-refractivity contribution in [1.29, 1.82) is 5.41 Å². The highest BCUT2D eigenvalue weighted by Gasteiger charge is 2.33. The van der Waals surface area contributed by atoms with Gasteiger partial charge < -0.3 is 10.0 Å². The molecular formula is C21H16F3N3OS. The van der Waals surface area contributed by atoms with E-state index < -0.39 is 11.7 Å². The van der Waals surface area contributed by atoms with Crippen molar-refractivity contribution >= 4 is 28.4 Å². The number of rotatable bonds is 3.